The fourth-order valence-electron chi connectivity index (χ4n) is 4.55. The zero-order chi connectivity index (χ0) is 27.5. The van der Waals surface area contributed by atoms with Crippen LogP contribution in [0.15, 0.2) is 60.8 Å². The maximum atomic E-state index is 15.3. The number of carbonyl (C=O) groups is 3. The Morgan fingerprint density at radius 1 is 1.18 bits per heavy atom. The molecular weight excluding hydrogens is 523 g/mol. The standard InChI is InChI=1S/C27H25FN6O4S/c28-18-7-1-2-8-20(18)34(27(37)24-21(29)22(25(30)35)33-39-24)23(26(36)32-14-17-6-4-12-38-17)16-9-10-19-15(13-16)5-3-11-31-19/h1-3,5,7-11,13,17,23H,4,6,12,14,29H2,(H2,30,35)(H,32,36)/t17-,23+/m0/s1. The van der Waals surface area contributed by atoms with Crippen molar-refractivity contribution < 1.29 is 23.5 Å². The molecule has 1 saturated heterocycles. The summed E-state index contributed by atoms with van der Waals surface area (Å²) in [6.45, 7) is 0.826. The Bertz CT molecular complexity index is 1550. The first-order valence-corrected chi connectivity index (χ1v) is 13.0. The molecule has 2 aromatic carbocycles. The Balaban J connectivity index is 1.65. The molecule has 1 aliphatic heterocycles. The van der Waals surface area contributed by atoms with Gasteiger partial charge in [-0.25, -0.2) is 4.39 Å². The van der Waals surface area contributed by atoms with Crippen molar-refractivity contribution in [3.63, 3.8) is 0 Å². The van der Waals surface area contributed by atoms with Crippen molar-refractivity contribution in [3.8, 4) is 0 Å². The van der Waals surface area contributed by atoms with Gasteiger partial charge in [-0.05, 0) is 60.3 Å². The number of aromatic nitrogens is 2. The first-order chi connectivity index (χ1) is 18.8. The second-order valence-electron chi connectivity index (χ2n) is 9.00. The van der Waals surface area contributed by atoms with Gasteiger partial charge in [0.1, 0.15) is 16.7 Å². The van der Waals surface area contributed by atoms with Gasteiger partial charge in [0.2, 0.25) is 5.91 Å². The Labute approximate surface area is 226 Å². The van der Waals surface area contributed by atoms with Gasteiger partial charge in [-0.15, -0.1) is 0 Å². The van der Waals surface area contributed by atoms with E-state index >= 15 is 4.39 Å². The third kappa shape index (κ3) is 5.29. The third-order valence-electron chi connectivity index (χ3n) is 6.46. The normalized spacial score (nSPS) is 15.7. The number of benzene rings is 2. The smallest absolute Gasteiger partial charge is 0.273 e. The minimum Gasteiger partial charge on any atom is -0.395 e. The fourth-order valence-corrected chi connectivity index (χ4v) is 5.29. The predicted octanol–water partition coefficient (Wildman–Crippen LogP) is 3.19. The van der Waals surface area contributed by atoms with Crippen LogP contribution in [0.5, 0.6) is 0 Å². The number of nitrogens with zero attached hydrogens (tertiary/aromatic N) is 3. The van der Waals surface area contributed by atoms with E-state index in [1.807, 2.05) is 6.07 Å². The van der Waals surface area contributed by atoms with Crippen LogP contribution in [0.1, 0.15) is 44.6 Å². The number of fused-ring (bicyclic) bond motifs is 1. The molecule has 0 radical (unpaired) electrons. The molecule has 2 atom stereocenters. The van der Waals surface area contributed by atoms with Crippen LogP contribution in [-0.4, -0.2) is 46.3 Å². The number of ether oxygens (including phenoxy) is 1. The Hall–Kier alpha value is -4.42. The number of para-hydroxylation sites is 1. The molecule has 0 bridgehead atoms. The summed E-state index contributed by atoms with van der Waals surface area (Å²) in [5, 5.41) is 3.60. The van der Waals surface area contributed by atoms with E-state index in [9.17, 15) is 14.4 Å². The first-order valence-electron chi connectivity index (χ1n) is 12.2. The lowest BCUT2D eigenvalue weighted by atomic mass is 10.00. The number of anilines is 2. The minimum atomic E-state index is -1.32. The van der Waals surface area contributed by atoms with Gasteiger partial charge in [-0.2, -0.15) is 4.37 Å². The summed E-state index contributed by atoms with van der Waals surface area (Å²) in [6, 6.07) is 13.0. The van der Waals surface area contributed by atoms with Gasteiger partial charge >= 0.3 is 0 Å². The van der Waals surface area contributed by atoms with Crippen molar-refractivity contribution in [2.24, 2.45) is 5.73 Å². The van der Waals surface area contributed by atoms with Crippen molar-refractivity contribution in [2.75, 3.05) is 23.8 Å². The number of amides is 3. The van der Waals surface area contributed by atoms with Crippen LogP contribution in [-0.2, 0) is 9.53 Å². The zero-order valence-electron chi connectivity index (χ0n) is 20.7. The lowest BCUT2D eigenvalue weighted by Crippen LogP contribution is -2.46. The molecule has 5 rings (SSSR count). The highest BCUT2D eigenvalue weighted by Gasteiger charge is 2.37. The molecule has 3 amide bonds. The van der Waals surface area contributed by atoms with E-state index < -0.39 is 29.6 Å². The number of rotatable bonds is 8. The zero-order valence-corrected chi connectivity index (χ0v) is 21.5. The van der Waals surface area contributed by atoms with E-state index in [-0.39, 0.29) is 34.6 Å². The van der Waals surface area contributed by atoms with E-state index in [2.05, 4.69) is 14.7 Å². The highest BCUT2D eigenvalue weighted by molar-refractivity contribution is 7.09. The average molecular weight is 549 g/mol. The molecule has 10 nitrogen and oxygen atoms in total. The first kappa shape index (κ1) is 26.2. The van der Waals surface area contributed by atoms with Gasteiger partial charge in [0.15, 0.2) is 5.69 Å². The van der Waals surface area contributed by atoms with E-state index in [1.165, 1.54) is 18.2 Å². The minimum absolute atomic E-state index is 0.147. The SMILES string of the molecule is NC(=O)c1nsc(C(=O)N(c2ccccc2F)[C@@H](C(=O)NC[C@@H]2CCCO2)c2ccc3ncccc3c2)c1N. The maximum Gasteiger partial charge on any atom is 0.273 e. The number of pyridine rings is 1. The summed E-state index contributed by atoms with van der Waals surface area (Å²) >= 11 is 0.651. The molecule has 0 spiro atoms. The van der Waals surface area contributed by atoms with Gasteiger partial charge < -0.3 is 21.5 Å². The second kappa shape index (κ2) is 11.1. The van der Waals surface area contributed by atoms with Crippen LogP contribution < -0.4 is 21.7 Å². The topological polar surface area (TPSA) is 154 Å². The summed E-state index contributed by atoms with van der Waals surface area (Å²) in [4.78, 5) is 44.9. The molecule has 0 aliphatic carbocycles. The summed E-state index contributed by atoms with van der Waals surface area (Å²) in [7, 11) is 0. The molecule has 0 saturated carbocycles. The Morgan fingerprint density at radius 3 is 2.72 bits per heavy atom. The van der Waals surface area contributed by atoms with Crippen LogP contribution in [0.2, 0.25) is 0 Å². The molecule has 4 aromatic rings. The molecule has 200 valence electrons. The lowest BCUT2D eigenvalue weighted by molar-refractivity contribution is -0.123. The van der Waals surface area contributed by atoms with Crippen molar-refractivity contribution >= 4 is 51.5 Å². The van der Waals surface area contributed by atoms with E-state index in [4.69, 9.17) is 16.2 Å². The Kier molecular flexibility index (Phi) is 7.48. The number of carbonyl (C=O) groups excluding carboxylic acids is 3. The molecular formula is C27H25FN6O4S. The van der Waals surface area contributed by atoms with Gasteiger partial charge in [0.25, 0.3) is 11.8 Å². The van der Waals surface area contributed by atoms with E-state index in [1.54, 1.807) is 36.5 Å². The Morgan fingerprint density at radius 2 is 2.00 bits per heavy atom. The molecule has 1 fully saturated rings. The van der Waals surface area contributed by atoms with Crippen molar-refractivity contribution in [1.29, 1.82) is 0 Å². The molecule has 0 unspecified atom stereocenters. The number of halogens is 1. The van der Waals surface area contributed by atoms with Crippen LogP contribution in [0.25, 0.3) is 10.9 Å². The van der Waals surface area contributed by atoms with Crippen LogP contribution in [0, 0.1) is 5.82 Å². The van der Waals surface area contributed by atoms with E-state index in [0.717, 1.165) is 23.1 Å². The summed E-state index contributed by atoms with van der Waals surface area (Å²) < 4.78 is 24.9. The predicted molar refractivity (Wildman–Crippen MR) is 145 cm³/mol. The lowest BCUT2D eigenvalue weighted by Gasteiger charge is -2.32. The number of hydrogen-bond acceptors (Lipinski definition) is 8. The maximum absolute atomic E-state index is 15.3. The number of hydrogen-bond donors (Lipinski definition) is 3. The highest BCUT2D eigenvalue weighted by Crippen LogP contribution is 2.35. The number of nitrogens with two attached hydrogens (primary N) is 2. The molecule has 2 aromatic heterocycles. The molecule has 12 heteroatoms. The summed E-state index contributed by atoms with van der Waals surface area (Å²) in [5.74, 6) is -3.01. The second-order valence-corrected chi connectivity index (χ2v) is 9.78. The van der Waals surface area contributed by atoms with Gasteiger partial charge in [0, 0.05) is 24.7 Å². The molecule has 3 heterocycles. The van der Waals surface area contributed by atoms with Crippen molar-refractivity contribution in [3.05, 3.63) is 82.7 Å². The van der Waals surface area contributed by atoms with Crippen LogP contribution >= 0.6 is 11.5 Å². The van der Waals surface area contributed by atoms with Crippen molar-refractivity contribution in [1.82, 2.24) is 14.7 Å². The highest BCUT2D eigenvalue weighted by atomic mass is 32.1. The average Bonchev–Trinajstić information content (AvgIpc) is 3.60. The molecule has 39 heavy (non-hydrogen) atoms. The van der Waals surface area contributed by atoms with Gasteiger partial charge in [-0.1, -0.05) is 24.3 Å². The molecule has 1 aliphatic rings. The number of primary amides is 1. The van der Waals surface area contributed by atoms with Crippen LogP contribution in [0.3, 0.4) is 0 Å². The quantitative estimate of drug-likeness (QED) is 0.306. The third-order valence-corrected chi connectivity index (χ3v) is 7.31. The molecule has 5 N–H and O–H groups in total. The number of nitrogens with one attached hydrogen (secondary N) is 1. The fraction of sp³-hybridized carbons (Fsp3) is 0.222. The largest absolute Gasteiger partial charge is 0.395 e. The van der Waals surface area contributed by atoms with E-state index in [0.29, 0.717) is 29.2 Å². The monoisotopic (exact) mass is 548 g/mol. The van der Waals surface area contributed by atoms with Crippen molar-refractivity contribution in [2.45, 2.75) is 25.0 Å². The summed E-state index contributed by atoms with van der Waals surface area (Å²) in [6.07, 6.45) is 3.15. The summed E-state index contributed by atoms with van der Waals surface area (Å²) in [5.41, 5.74) is 11.9. The van der Waals surface area contributed by atoms with Gasteiger partial charge in [0.05, 0.1) is 23.0 Å². The number of nitrogen functional groups attached to an aromatic ring is 1. The van der Waals surface area contributed by atoms with Crippen LogP contribution in [0.4, 0.5) is 15.8 Å². The van der Waals surface area contributed by atoms with Gasteiger partial charge in [-0.3, -0.25) is 24.3 Å².